The fourth-order valence-corrected chi connectivity index (χ4v) is 2.58. The lowest BCUT2D eigenvalue weighted by Crippen LogP contribution is -3.03. The van der Waals surface area contributed by atoms with E-state index in [2.05, 4.69) is 5.32 Å². The summed E-state index contributed by atoms with van der Waals surface area (Å²) in [5.41, 5.74) is 0. The number of quaternary nitrogens is 1. The van der Waals surface area contributed by atoms with Crippen LogP contribution < -0.4 is 15.7 Å². The van der Waals surface area contributed by atoms with Gasteiger partial charge >= 0.3 is 0 Å². The number of hydrogen-bond acceptors (Lipinski definition) is 3. The third-order valence-corrected chi connectivity index (χ3v) is 3.35. The Kier molecular flexibility index (Phi) is 2.90. The highest BCUT2D eigenvalue weighted by molar-refractivity contribution is 5.85. The fraction of sp³-hybridized carbons (Fsp3) is 0.800. The summed E-state index contributed by atoms with van der Waals surface area (Å²) in [5.74, 6) is -1.30. The molecule has 5 nitrogen and oxygen atoms in total. The molecular weight excluding hydrogens is 196 g/mol. The number of amides is 1. The second-order valence-corrected chi connectivity index (χ2v) is 4.44. The molecule has 0 radical (unpaired) electrons. The zero-order valence-corrected chi connectivity index (χ0v) is 8.57. The van der Waals surface area contributed by atoms with Crippen molar-refractivity contribution in [1.82, 2.24) is 5.32 Å². The van der Waals surface area contributed by atoms with Crippen molar-refractivity contribution >= 4 is 11.9 Å². The maximum atomic E-state index is 11.6. The van der Waals surface area contributed by atoms with E-state index in [1.807, 2.05) is 5.32 Å². The van der Waals surface area contributed by atoms with Gasteiger partial charge in [-0.2, -0.15) is 0 Å². The van der Waals surface area contributed by atoms with Crippen LogP contribution in [0, 0.1) is 0 Å². The summed E-state index contributed by atoms with van der Waals surface area (Å²) < 4.78 is 0. The number of fused-ring (bicyclic) bond motifs is 1. The minimum absolute atomic E-state index is 0.151. The summed E-state index contributed by atoms with van der Waals surface area (Å²) in [4.78, 5) is 22.0. The quantitative estimate of drug-likeness (QED) is 0.530. The monoisotopic (exact) mass is 212 g/mol. The largest absolute Gasteiger partial charge is 0.550 e. The van der Waals surface area contributed by atoms with E-state index in [0.717, 1.165) is 19.3 Å². The van der Waals surface area contributed by atoms with Gasteiger partial charge in [0.25, 0.3) is 5.91 Å². The number of carbonyl (C=O) groups is 2. The van der Waals surface area contributed by atoms with Gasteiger partial charge < -0.3 is 20.5 Å². The van der Waals surface area contributed by atoms with Crippen LogP contribution in [0.3, 0.4) is 0 Å². The molecule has 84 valence electrons. The standard InChI is InChI=1S/C10H16N2O3/c13-9(14)5-8-10(15)12-7-4-2-1-3-6(7)11-8/h6-8,11H,1-5H2,(H,12,15)(H,13,14)/t6-,7+,8-/m1/s1. The first-order valence-corrected chi connectivity index (χ1v) is 5.52. The SMILES string of the molecule is O=C([O-])C[C@H]1[NH2+][C@@H]2CCCC[C@@H]2NC1=O. The van der Waals surface area contributed by atoms with E-state index in [4.69, 9.17) is 0 Å². The van der Waals surface area contributed by atoms with Crippen LogP contribution in [-0.2, 0) is 9.59 Å². The predicted octanol–water partition coefficient (Wildman–Crippen LogP) is -2.50. The lowest BCUT2D eigenvalue weighted by atomic mass is 9.87. The summed E-state index contributed by atoms with van der Waals surface area (Å²) in [6.07, 6.45) is 4.22. The summed E-state index contributed by atoms with van der Waals surface area (Å²) in [6.45, 7) is 0. The van der Waals surface area contributed by atoms with Crippen molar-refractivity contribution in [1.29, 1.82) is 0 Å². The number of nitrogens with two attached hydrogens (primary N) is 1. The zero-order chi connectivity index (χ0) is 10.8. The maximum absolute atomic E-state index is 11.6. The highest BCUT2D eigenvalue weighted by Gasteiger charge is 2.39. The maximum Gasteiger partial charge on any atom is 0.279 e. The average Bonchev–Trinajstić information content (AvgIpc) is 2.18. The normalized spacial score (nSPS) is 35.5. The van der Waals surface area contributed by atoms with Crippen molar-refractivity contribution in [2.75, 3.05) is 0 Å². The molecule has 15 heavy (non-hydrogen) atoms. The summed E-state index contributed by atoms with van der Waals surface area (Å²) >= 11 is 0. The van der Waals surface area contributed by atoms with Crippen LogP contribution in [0.5, 0.6) is 0 Å². The van der Waals surface area contributed by atoms with Gasteiger partial charge in [0.05, 0.1) is 6.04 Å². The smallest absolute Gasteiger partial charge is 0.279 e. The van der Waals surface area contributed by atoms with Crippen molar-refractivity contribution in [2.24, 2.45) is 0 Å². The third kappa shape index (κ3) is 2.28. The molecule has 1 heterocycles. The Morgan fingerprint density at radius 1 is 1.47 bits per heavy atom. The number of carbonyl (C=O) groups excluding carboxylic acids is 2. The van der Waals surface area contributed by atoms with E-state index in [-0.39, 0.29) is 18.4 Å². The lowest BCUT2D eigenvalue weighted by molar-refractivity contribution is -0.718. The number of aliphatic carboxylic acids is 1. The van der Waals surface area contributed by atoms with Gasteiger partial charge in [0, 0.05) is 18.8 Å². The molecule has 0 aromatic rings. The van der Waals surface area contributed by atoms with Crippen LogP contribution in [0.2, 0.25) is 0 Å². The first kappa shape index (κ1) is 10.4. The molecule has 3 atom stereocenters. The number of carboxylic acid groups (broad SMARTS) is 1. The fourth-order valence-electron chi connectivity index (χ4n) is 2.58. The number of nitrogens with one attached hydrogen (secondary N) is 1. The van der Waals surface area contributed by atoms with Gasteiger partial charge in [0.2, 0.25) is 0 Å². The molecule has 1 aliphatic heterocycles. The molecule has 0 spiro atoms. The molecule has 0 bridgehead atoms. The number of hydrogen-bond donors (Lipinski definition) is 2. The van der Waals surface area contributed by atoms with Gasteiger partial charge in [-0.05, 0) is 12.8 Å². The number of carboxylic acids is 1. The van der Waals surface area contributed by atoms with Gasteiger partial charge in [-0.1, -0.05) is 6.42 Å². The molecule has 1 saturated heterocycles. The summed E-state index contributed by atoms with van der Waals surface area (Å²) in [7, 11) is 0. The van der Waals surface area contributed by atoms with Crippen LogP contribution in [0.15, 0.2) is 0 Å². The molecule has 2 fully saturated rings. The minimum atomic E-state index is -1.15. The predicted molar refractivity (Wildman–Crippen MR) is 49.5 cm³/mol. The van der Waals surface area contributed by atoms with Crippen molar-refractivity contribution in [3.8, 4) is 0 Å². The Balaban J connectivity index is 1.98. The molecular formula is C10H16N2O3. The molecule has 1 saturated carbocycles. The van der Waals surface area contributed by atoms with Crippen LogP contribution in [-0.4, -0.2) is 30.0 Å². The first-order chi connectivity index (χ1) is 7.16. The van der Waals surface area contributed by atoms with Crippen LogP contribution in [0.1, 0.15) is 32.1 Å². The molecule has 1 amide bonds. The molecule has 0 unspecified atom stereocenters. The Morgan fingerprint density at radius 3 is 2.93 bits per heavy atom. The second-order valence-electron chi connectivity index (χ2n) is 4.44. The molecule has 5 heteroatoms. The van der Waals surface area contributed by atoms with E-state index in [1.54, 1.807) is 0 Å². The van der Waals surface area contributed by atoms with E-state index in [0.29, 0.717) is 6.04 Å². The Bertz CT molecular complexity index is 280. The molecule has 3 N–H and O–H groups in total. The van der Waals surface area contributed by atoms with Crippen LogP contribution in [0.4, 0.5) is 0 Å². The van der Waals surface area contributed by atoms with Crippen LogP contribution in [0.25, 0.3) is 0 Å². The Hall–Kier alpha value is -1.10. The Labute approximate surface area is 88.2 Å². The number of piperazine rings is 1. The van der Waals surface area contributed by atoms with Crippen molar-refractivity contribution in [3.05, 3.63) is 0 Å². The topological polar surface area (TPSA) is 85.8 Å². The second kappa shape index (κ2) is 4.18. The zero-order valence-electron chi connectivity index (χ0n) is 8.57. The molecule has 2 aliphatic rings. The highest BCUT2D eigenvalue weighted by atomic mass is 16.4. The van der Waals surface area contributed by atoms with Gasteiger partial charge in [0.1, 0.15) is 6.04 Å². The van der Waals surface area contributed by atoms with E-state index in [9.17, 15) is 14.7 Å². The van der Waals surface area contributed by atoms with E-state index >= 15 is 0 Å². The first-order valence-electron chi connectivity index (χ1n) is 5.52. The summed E-state index contributed by atoms with van der Waals surface area (Å²) in [6, 6.07) is 0.111. The average molecular weight is 212 g/mol. The van der Waals surface area contributed by atoms with Crippen molar-refractivity contribution in [3.63, 3.8) is 0 Å². The third-order valence-electron chi connectivity index (χ3n) is 3.35. The Morgan fingerprint density at radius 2 is 2.20 bits per heavy atom. The highest BCUT2D eigenvalue weighted by Crippen LogP contribution is 2.18. The number of rotatable bonds is 2. The molecule has 2 rings (SSSR count). The van der Waals surface area contributed by atoms with Gasteiger partial charge in [-0.15, -0.1) is 0 Å². The van der Waals surface area contributed by atoms with E-state index < -0.39 is 12.0 Å². The van der Waals surface area contributed by atoms with Crippen molar-refractivity contribution in [2.45, 2.75) is 50.2 Å². The molecule has 1 aliphatic carbocycles. The van der Waals surface area contributed by atoms with Gasteiger partial charge in [0.15, 0.2) is 6.04 Å². The molecule has 0 aromatic carbocycles. The lowest BCUT2D eigenvalue weighted by Gasteiger charge is -2.37. The van der Waals surface area contributed by atoms with E-state index in [1.165, 1.54) is 6.42 Å². The minimum Gasteiger partial charge on any atom is -0.550 e. The van der Waals surface area contributed by atoms with Gasteiger partial charge in [-0.3, -0.25) is 4.79 Å². The van der Waals surface area contributed by atoms with Crippen LogP contribution >= 0.6 is 0 Å². The summed E-state index contributed by atoms with van der Waals surface area (Å²) in [5, 5.41) is 15.3. The van der Waals surface area contributed by atoms with Crippen molar-refractivity contribution < 1.29 is 20.0 Å². The van der Waals surface area contributed by atoms with Gasteiger partial charge in [-0.25, -0.2) is 0 Å². The molecule has 0 aromatic heterocycles.